The minimum absolute atomic E-state index is 0.00128. The van der Waals surface area contributed by atoms with E-state index >= 15 is 0 Å². The maximum Gasteiger partial charge on any atom is 0.416 e. The molecule has 1 fully saturated rings. The summed E-state index contributed by atoms with van der Waals surface area (Å²) in [6, 6.07) is 1.43. The van der Waals surface area contributed by atoms with Gasteiger partial charge in [0.1, 0.15) is 0 Å². The van der Waals surface area contributed by atoms with E-state index in [9.17, 15) is 31.1 Å². The van der Waals surface area contributed by atoms with Crippen LogP contribution in [0.2, 0.25) is 0 Å². The number of likely N-dealkylation sites (tertiary alicyclic amines) is 1. The van der Waals surface area contributed by atoms with Crippen molar-refractivity contribution in [1.82, 2.24) is 15.5 Å². The summed E-state index contributed by atoms with van der Waals surface area (Å²) < 4.78 is 78.3. The maximum absolute atomic E-state index is 13.1. The van der Waals surface area contributed by atoms with Crippen molar-refractivity contribution >= 4 is 11.6 Å². The third-order valence-corrected chi connectivity index (χ3v) is 5.74. The largest absolute Gasteiger partial charge is 0.416 e. The van der Waals surface area contributed by atoms with Crippen LogP contribution in [0, 0.1) is 5.92 Å². The number of alkyl halides is 6. The van der Waals surface area contributed by atoms with Crippen LogP contribution in [0.1, 0.15) is 55.7 Å². The monoisotopic (exact) mass is 479 g/mol. The Morgan fingerprint density at radius 1 is 1.03 bits per heavy atom. The number of carbonyl (C=O) groups excluding carboxylic acids is 1. The zero-order valence-electron chi connectivity index (χ0n) is 18.7. The summed E-state index contributed by atoms with van der Waals surface area (Å²) in [7, 11) is 0. The van der Waals surface area contributed by atoms with Gasteiger partial charge in [-0.2, -0.15) is 26.3 Å². The Bertz CT molecular complexity index is 766. The normalized spacial score (nSPS) is 15.5. The first kappa shape index (κ1) is 27.0. The van der Waals surface area contributed by atoms with Gasteiger partial charge < -0.3 is 15.5 Å². The average molecular weight is 480 g/mol. The van der Waals surface area contributed by atoms with E-state index in [1.54, 1.807) is 4.90 Å². The molecular weight excluding hydrogens is 448 g/mol. The van der Waals surface area contributed by atoms with Crippen molar-refractivity contribution < 1.29 is 31.1 Å². The Kier molecular flexibility index (Phi) is 9.63. The minimum Gasteiger partial charge on any atom is -0.385 e. The molecule has 2 N–H and O–H groups in total. The molecule has 33 heavy (non-hydrogen) atoms. The van der Waals surface area contributed by atoms with Crippen LogP contribution < -0.4 is 10.6 Å². The quantitative estimate of drug-likeness (QED) is 0.354. The second kappa shape index (κ2) is 11.8. The number of rotatable bonds is 10. The van der Waals surface area contributed by atoms with Gasteiger partial charge in [-0.05, 0) is 55.5 Å². The number of nitrogens with zero attached hydrogens (tertiary/aromatic N) is 1. The summed E-state index contributed by atoms with van der Waals surface area (Å²) in [5.41, 5.74) is -2.99. The van der Waals surface area contributed by atoms with Crippen LogP contribution in [0.3, 0.4) is 0 Å². The van der Waals surface area contributed by atoms with Crippen LogP contribution in [-0.4, -0.2) is 43.5 Å². The standard InChI is InChI=1S/C23H31F6N3O/c1-3-4-5-8-30-15-21(33)32-9-6-17(7-10-32)14-31-16(2)18-11-19(22(24,25)26)13-20(12-18)23(27,28)29/h11-13,17,30-31H,2-10,14-15H2,1H3. The first-order chi connectivity index (χ1) is 15.4. The maximum atomic E-state index is 13.1. The number of carbonyl (C=O) groups is 1. The second-order valence-electron chi connectivity index (χ2n) is 8.36. The highest BCUT2D eigenvalue weighted by Crippen LogP contribution is 2.37. The topological polar surface area (TPSA) is 44.4 Å². The molecule has 0 aromatic heterocycles. The second-order valence-corrected chi connectivity index (χ2v) is 8.36. The zero-order valence-corrected chi connectivity index (χ0v) is 18.7. The Hall–Kier alpha value is -2.23. The van der Waals surface area contributed by atoms with Gasteiger partial charge in [0.2, 0.25) is 5.91 Å². The smallest absolute Gasteiger partial charge is 0.385 e. The molecule has 0 saturated carbocycles. The van der Waals surface area contributed by atoms with Gasteiger partial charge in [-0.1, -0.05) is 26.3 Å². The molecule has 1 amide bonds. The lowest BCUT2D eigenvalue weighted by molar-refractivity contribution is -0.143. The number of hydrogen-bond acceptors (Lipinski definition) is 3. The van der Waals surface area contributed by atoms with Crippen LogP contribution in [0.25, 0.3) is 5.70 Å². The first-order valence-corrected chi connectivity index (χ1v) is 11.1. The number of piperidine rings is 1. The van der Waals surface area contributed by atoms with Crippen molar-refractivity contribution in [2.75, 3.05) is 32.7 Å². The molecule has 0 atom stereocenters. The molecule has 1 aliphatic heterocycles. The van der Waals surface area contributed by atoms with Gasteiger partial charge >= 0.3 is 12.4 Å². The lowest BCUT2D eigenvalue weighted by Crippen LogP contribution is -2.44. The van der Waals surface area contributed by atoms with E-state index < -0.39 is 23.5 Å². The predicted molar refractivity (Wildman–Crippen MR) is 115 cm³/mol. The fraction of sp³-hybridized carbons (Fsp3) is 0.609. The van der Waals surface area contributed by atoms with Crippen molar-refractivity contribution in [2.45, 2.75) is 51.4 Å². The third-order valence-electron chi connectivity index (χ3n) is 5.74. The van der Waals surface area contributed by atoms with Crippen molar-refractivity contribution in [3.05, 3.63) is 41.5 Å². The van der Waals surface area contributed by atoms with E-state index in [1.807, 2.05) is 0 Å². The van der Waals surface area contributed by atoms with Gasteiger partial charge in [-0.15, -0.1) is 0 Å². The van der Waals surface area contributed by atoms with Gasteiger partial charge in [0.15, 0.2) is 0 Å². The summed E-state index contributed by atoms with van der Waals surface area (Å²) in [5, 5.41) is 6.02. The number of hydrogen-bond donors (Lipinski definition) is 2. The van der Waals surface area contributed by atoms with Gasteiger partial charge in [-0.3, -0.25) is 4.79 Å². The molecule has 1 heterocycles. The van der Waals surface area contributed by atoms with Crippen molar-refractivity contribution in [3.8, 4) is 0 Å². The number of unbranched alkanes of at least 4 members (excludes halogenated alkanes) is 2. The lowest BCUT2D eigenvalue weighted by Gasteiger charge is -2.32. The molecule has 1 aromatic carbocycles. The molecule has 0 spiro atoms. The molecule has 1 aromatic rings. The Morgan fingerprint density at radius 3 is 2.12 bits per heavy atom. The Morgan fingerprint density at radius 2 is 1.61 bits per heavy atom. The van der Waals surface area contributed by atoms with Crippen LogP contribution >= 0.6 is 0 Å². The first-order valence-electron chi connectivity index (χ1n) is 11.1. The van der Waals surface area contributed by atoms with Gasteiger partial charge in [0.05, 0.1) is 17.7 Å². The number of amides is 1. The molecule has 1 saturated heterocycles. The highest BCUT2D eigenvalue weighted by Gasteiger charge is 2.37. The SMILES string of the molecule is C=C(NCC1CCN(C(=O)CNCCCCC)CC1)c1cc(C(F)(F)F)cc(C(F)(F)F)c1. The molecule has 0 bridgehead atoms. The number of halogens is 6. The molecule has 0 unspecified atom stereocenters. The van der Waals surface area contributed by atoms with Crippen LogP contribution in [0.5, 0.6) is 0 Å². The number of benzene rings is 1. The van der Waals surface area contributed by atoms with Crippen molar-refractivity contribution in [2.24, 2.45) is 5.92 Å². The molecule has 186 valence electrons. The molecule has 0 radical (unpaired) electrons. The van der Waals surface area contributed by atoms with E-state index in [-0.39, 0.29) is 29.2 Å². The molecule has 4 nitrogen and oxygen atoms in total. The van der Waals surface area contributed by atoms with Crippen molar-refractivity contribution in [3.63, 3.8) is 0 Å². The highest BCUT2D eigenvalue weighted by molar-refractivity contribution is 5.78. The Labute approximate surface area is 190 Å². The molecule has 10 heteroatoms. The van der Waals surface area contributed by atoms with Crippen molar-refractivity contribution in [1.29, 1.82) is 0 Å². The predicted octanol–water partition coefficient (Wildman–Crippen LogP) is 5.30. The average Bonchev–Trinajstić information content (AvgIpc) is 2.76. The molecule has 2 rings (SSSR count). The highest BCUT2D eigenvalue weighted by atomic mass is 19.4. The molecular formula is C23H31F6N3O. The van der Waals surface area contributed by atoms with E-state index in [4.69, 9.17) is 0 Å². The van der Waals surface area contributed by atoms with E-state index in [2.05, 4.69) is 24.1 Å². The molecule has 0 aliphatic carbocycles. The van der Waals surface area contributed by atoms with E-state index in [0.29, 0.717) is 51.2 Å². The fourth-order valence-corrected chi connectivity index (χ4v) is 3.69. The minimum atomic E-state index is -4.90. The lowest BCUT2D eigenvalue weighted by atomic mass is 9.96. The van der Waals surface area contributed by atoms with Crippen LogP contribution in [0.4, 0.5) is 26.3 Å². The summed E-state index contributed by atoms with van der Waals surface area (Å²) >= 11 is 0. The van der Waals surface area contributed by atoms with Gasteiger partial charge in [0, 0.05) is 25.3 Å². The summed E-state index contributed by atoms with van der Waals surface area (Å²) in [6.45, 7) is 8.32. The van der Waals surface area contributed by atoms with Crippen LogP contribution in [-0.2, 0) is 17.1 Å². The third kappa shape index (κ3) is 8.57. The summed E-state index contributed by atoms with van der Waals surface area (Å²) in [5.74, 6) is 0.169. The fourth-order valence-electron chi connectivity index (χ4n) is 3.69. The summed E-state index contributed by atoms with van der Waals surface area (Å²) in [4.78, 5) is 14.0. The van der Waals surface area contributed by atoms with E-state index in [0.717, 1.165) is 25.8 Å². The summed E-state index contributed by atoms with van der Waals surface area (Å²) in [6.07, 6.45) is -5.17. The number of nitrogens with one attached hydrogen (secondary N) is 2. The van der Waals surface area contributed by atoms with Crippen LogP contribution in [0.15, 0.2) is 24.8 Å². The van der Waals surface area contributed by atoms with Gasteiger partial charge in [0.25, 0.3) is 0 Å². The molecule has 1 aliphatic rings. The van der Waals surface area contributed by atoms with Gasteiger partial charge in [-0.25, -0.2) is 0 Å². The Balaban J connectivity index is 1.86. The van der Waals surface area contributed by atoms with E-state index in [1.165, 1.54) is 0 Å². The zero-order chi connectivity index (χ0) is 24.6.